The molecular weight excluding hydrogens is 228 g/mol. The Balaban J connectivity index is 2.17. The van der Waals surface area contributed by atoms with Crippen molar-refractivity contribution in [1.29, 1.82) is 0 Å². The van der Waals surface area contributed by atoms with E-state index in [2.05, 4.69) is 11.2 Å². The second-order valence-corrected chi connectivity index (χ2v) is 4.80. The maximum Gasteiger partial charge on any atom is 0.180 e. The SMILES string of the molecule is CC(Oc1ccccc1C1CCCC1)/C(N)=N/O. The van der Waals surface area contributed by atoms with Crippen molar-refractivity contribution in [2.75, 3.05) is 0 Å². The number of para-hydroxylation sites is 1. The zero-order valence-corrected chi connectivity index (χ0v) is 10.7. The van der Waals surface area contributed by atoms with Crippen LogP contribution in [0.5, 0.6) is 5.75 Å². The molecule has 0 saturated heterocycles. The molecule has 1 fully saturated rings. The third-order valence-corrected chi connectivity index (χ3v) is 3.55. The van der Waals surface area contributed by atoms with E-state index < -0.39 is 6.10 Å². The first-order valence-corrected chi connectivity index (χ1v) is 6.45. The molecule has 0 spiro atoms. The Morgan fingerprint density at radius 1 is 1.39 bits per heavy atom. The van der Waals surface area contributed by atoms with E-state index in [4.69, 9.17) is 15.7 Å². The quantitative estimate of drug-likeness (QED) is 0.372. The highest BCUT2D eigenvalue weighted by atomic mass is 16.5. The van der Waals surface area contributed by atoms with Crippen molar-refractivity contribution < 1.29 is 9.94 Å². The van der Waals surface area contributed by atoms with E-state index in [1.807, 2.05) is 18.2 Å². The Labute approximate surface area is 107 Å². The predicted octanol–water partition coefficient (Wildman–Crippen LogP) is 2.86. The van der Waals surface area contributed by atoms with E-state index in [1.165, 1.54) is 31.2 Å². The van der Waals surface area contributed by atoms with Gasteiger partial charge in [-0.1, -0.05) is 36.2 Å². The van der Waals surface area contributed by atoms with Crippen LogP contribution in [0.15, 0.2) is 29.4 Å². The second kappa shape index (κ2) is 5.76. The van der Waals surface area contributed by atoms with Crippen LogP contribution in [-0.2, 0) is 0 Å². The van der Waals surface area contributed by atoms with Gasteiger partial charge in [0.2, 0.25) is 0 Å². The highest BCUT2D eigenvalue weighted by molar-refractivity contribution is 5.84. The normalized spacial score (nSPS) is 18.8. The number of rotatable bonds is 4. The van der Waals surface area contributed by atoms with Crippen LogP contribution in [-0.4, -0.2) is 17.1 Å². The number of ether oxygens (including phenoxy) is 1. The number of hydrogen-bond donors (Lipinski definition) is 2. The molecule has 1 atom stereocenters. The summed E-state index contributed by atoms with van der Waals surface area (Å²) >= 11 is 0. The van der Waals surface area contributed by atoms with Gasteiger partial charge in [0.15, 0.2) is 11.9 Å². The highest BCUT2D eigenvalue weighted by Crippen LogP contribution is 2.38. The molecule has 0 amide bonds. The molecule has 0 radical (unpaired) electrons. The minimum Gasteiger partial charge on any atom is -0.482 e. The number of nitrogens with two attached hydrogens (primary N) is 1. The van der Waals surface area contributed by atoms with E-state index in [0.717, 1.165) is 5.75 Å². The summed E-state index contributed by atoms with van der Waals surface area (Å²) in [5.41, 5.74) is 6.79. The van der Waals surface area contributed by atoms with Crippen molar-refractivity contribution in [1.82, 2.24) is 0 Å². The number of oxime groups is 1. The summed E-state index contributed by atoms with van der Waals surface area (Å²) in [4.78, 5) is 0. The maximum atomic E-state index is 8.65. The van der Waals surface area contributed by atoms with Gasteiger partial charge in [0.1, 0.15) is 5.75 Å². The molecule has 1 aromatic carbocycles. The van der Waals surface area contributed by atoms with Crippen LogP contribution in [0.25, 0.3) is 0 Å². The fourth-order valence-electron chi connectivity index (χ4n) is 2.49. The molecule has 1 aliphatic rings. The van der Waals surface area contributed by atoms with Crippen LogP contribution in [0.2, 0.25) is 0 Å². The van der Waals surface area contributed by atoms with Gasteiger partial charge in [-0.3, -0.25) is 0 Å². The molecule has 0 aliphatic heterocycles. The van der Waals surface area contributed by atoms with E-state index >= 15 is 0 Å². The number of benzene rings is 1. The minimum absolute atomic E-state index is 0.0937. The second-order valence-electron chi connectivity index (χ2n) is 4.80. The third kappa shape index (κ3) is 2.75. The summed E-state index contributed by atoms with van der Waals surface area (Å²) in [6.07, 6.45) is 4.60. The topological polar surface area (TPSA) is 67.8 Å². The van der Waals surface area contributed by atoms with Gasteiger partial charge in [-0.2, -0.15) is 0 Å². The van der Waals surface area contributed by atoms with Crippen molar-refractivity contribution in [3.8, 4) is 5.75 Å². The molecule has 1 unspecified atom stereocenters. The first-order chi connectivity index (χ1) is 8.72. The molecule has 4 heteroatoms. The lowest BCUT2D eigenvalue weighted by atomic mass is 9.97. The highest BCUT2D eigenvalue weighted by Gasteiger charge is 2.21. The Hall–Kier alpha value is -1.71. The number of nitrogens with zero attached hydrogens (tertiary/aromatic N) is 1. The van der Waals surface area contributed by atoms with Gasteiger partial charge in [-0.05, 0) is 37.3 Å². The first-order valence-electron chi connectivity index (χ1n) is 6.45. The lowest BCUT2D eigenvalue weighted by Gasteiger charge is -2.19. The third-order valence-electron chi connectivity index (χ3n) is 3.55. The molecule has 0 heterocycles. The monoisotopic (exact) mass is 248 g/mol. The summed E-state index contributed by atoms with van der Waals surface area (Å²) in [5, 5.41) is 11.6. The smallest absolute Gasteiger partial charge is 0.180 e. The van der Waals surface area contributed by atoms with Gasteiger partial charge in [0.05, 0.1) is 0 Å². The van der Waals surface area contributed by atoms with Crippen LogP contribution in [0.3, 0.4) is 0 Å². The number of hydrogen-bond acceptors (Lipinski definition) is 3. The standard InChI is InChI=1S/C14H20N2O2/c1-10(14(15)16-17)18-13-9-5-4-8-12(13)11-6-2-3-7-11/h4-5,8-11,17H,2-3,6-7H2,1H3,(H2,15,16). The Kier molecular flexibility index (Phi) is 4.07. The summed E-state index contributed by atoms with van der Waals surface area (Å²) in [6.45, 7) is 1.78. The molecule has 1 aliphatic carbocycles. The molecule has 98 valence electrons. The van der Waals surface area contributed by atoms with Crippen molar-refractivity contribution in [3.05, 3.63) is 29.8 Å². The van der Waals surface area contributed by atoms with E-state index in [0.29, 0.717) is 5.92 Å². The lowest BCUT2D eigenvalue weighted by Crippen LogP contribution is -2.31. The minimum atomic E-state index is -0.419. The molecule has 3 N–H and O–H groups in total. The molecule has 1 saturated carbocycles. The van der Waals surface area contributed by atoms with Gasteiger partial charge in [0, 0.05) is 0 Å². The van der Waals surface area contributed by atoms with Crippen molar-refractivity contribution in [2.45, 2.75) is 44.6 Å². The molecule has 0 bridgehead atoms. The van der Waals surface area contributed by atoms with Crippen LogP contribution in [0, 0.1) is 0 Å². The summed E-state index contributed by atoms with van der Waals surface area (Å²) in [6, 6.07) is 8.06. The van der Waals surface area contributed by atoms with Crippen molar-refractivity contribution >= 4 is 5.84 Å². The molecule has 18 heavy (non-hydrogen) atoms. The van der Waals surface area contributed by atoms with Gasteiger partial charge in [0.25, 0.3) is 0 Å². The van der Waals surface area contributed by atoms with Gasteiger partial charge < -0.3 is 15.7 Å². The lowest BCUT2D eigenvalue weighted by molar-refractivity contribution is 0.262. The Morgan fingerprint density at radius 3 is 2.72 bits per heavy atom. The van der Waals surface area contributed by atoms with Gasteiger partial charge in [-0.25, -0.2) is 0 Å². The summed E-state index contributed by atoms with van der Waals surface area (Å²) in [5.74, 6) is 1.53. The fraction of sp³-hybridized carbons (Fsp3) is 0.500. The van der Waals surface area contributed by atoms with Gasteiger partial charge >= 0.3 is 0 Å². The van der Waals surface area contributed by atoms with Crippen LogP contribution in [0.4, 0.5) is 0 Å². The zero-order chi connectivity index (χ0) is 13.0. The molecular formula is C14H20N2O2. The van der Waals surface area contributed by atoms with Crippen LogP contribution < -0.4 is 10.5 Å². The predicted molar refractivity (Wildman–Crippen MR) is 71.1 cm³/mol. The summed E-state index contributed by atoms with van der Waals surface area (Å²) in [7, 11) is 0. The Morgan fingerprint density at radius 2 is 2.06 bits per heavy atom. The maximum absolute atomic E-state index is 8.65. The van der Waals surface area contributed by atoms with E-state index in [-0.39, 0.29) is 5.84 Å². The first kappa shape index (κ1) is 12.7. The molecule has 1 aromatic rings. The van der Waals surface area contributed by atoms with E-state index in [9.17, 15) is 0 Å². The molecule has 4 nitrogen and oxygen atoms in total. The zero-order valence-electron chi connectivity index (χ0n) is 10.7. The van der Waals surface area contributed by atoms with Crippen LogP contribution >= 0.6 is 0 Å². The largest absolute Gasteiger partial charge is 0.482 e. The van der Waals surface area contributed by atoms with Crippen molar-refractivity contribution in [3.63, 3.8) is 0 Å². The van der Waals surface area contributed by atoms with Gasteiger partial charge in [-0.15, -0.1) is 0 Å². The molecule has 0 aromatic heterocycles. The molecule has 2 rings (SSSR count). The number of amidine groups is 1. The average Bonchev–Trinajstić information content (AvgIpc) is 2.92. The Bertz CT molecular complexity index is 426. The summed E-state index contributed by atoms with van der Waals surface area (Å²) < 4.78 is 5.79. The fourth-order valence-corrected chi connectivity index (χ4v) is 2.49. The average molecular weight is 248 g/mol. The van der Waals surface area contributed by atoms with Crippen molar-refractivity contribution in [2.24, 2.45) is 10.9 Å². The van der Waals surface area contributed by atoms with Crippen LogP contribution in [0.1, 0.15) is 44.1 Å². The van der Waals surface area contributed by atoms with E-state index in [1.54, 1.807) is 6.92 Å².